The molecule has 0 aliphatic heterocycles. The Hall–Kier alpha value is -2.61. The Kier molecular flexibility index (Phi) is 4.87. The summed E-state index contributed by atoms with van der Waals surface area (Å²) in [6.07, 6.45) is 0.914. The standard InChI is InChI=1S/C20H23NO6S/c1-5-28(25,26)12-6-7-14(22)13(8-12)21-19(24)18-11(2)17-15(23)9-20(3,4)10-16(17)27-18/h6-8,22H,5,9-10H2,1-4H3,(H,21,24). The Morgan fingerprint density at radius 1 is 1.29 bits per heavy atom. The van der Waals surface area contributed by atoms with Crippen LogP contribution in [0.2, 0.25) is 0 Å². The number of carbonyl (C=O) groups is 2. The number of fused-ring (bicyclic) bond motifs is 1. The van der Waals surface area contributed by atoms with Gasteiger partial charge in [0.2, 0.25) is 0 Å². The van der Waals surface area contributed by atoms with Crippen molar-refractivity contribution >= 4 is 27.2 Å². The number of sulfone groups is 1. The largest absolute Gasteiger partial charge is 0.506 e. The van der Waals surface area contributed by atoms with Crippen LogP contribution in [0.25, 0.3) is 0 Å². The molecule has 2 aromatic rings. The van der Waals surface area contributed by atoms with Gasteiger partial charge >= 0.3 is 0 Å². The maximum atomic E-state index is 12.7. The second kappa shape index (κ2) is 6.77. The van der Waals surface area contributed by atoms with Gasteiger partial charge in [-0.05, 0) is 30.5 Å². The molecule has 0 atom stereocenters. The molecule has 1 amide bonds. The third-order valence-electron chi connectivity index (χ3n) is 4.94. The lowest BCUT2D eigenvalue weighted by Gasteiger charge is -2.27. The fraction of sp³-hybridized carbons (Fsp3) is 0.400. The van der Waals surface area contributed by atoms with E-state index in [1.807, 2.05) is 13.8 Å². The normalized spacial score (nSPS) is 15.9. The molecule has 0 fully saturated rings. The number of phenols is 1. The predicted molar refractivity (Wildman–Crippen MR) is 104 cm³/mol. The van der Waals surface area contributed by atoms with Crippen LogP contribution in [0, 0.1) is 12.3 Å². The highest BCUT2D eigenvalue weighted by molar-refractivity contribution is 7.91. The van der Waals surface area contributed by atoms with Crippen LogP contribution in [0.4, 0.5) is 5.69 Å². The van der Waals surface area contributed by atoms with Crippen molar-refractivity contribution in [2.45, 2.75) is 45.4 Å². The van der Waals surface area contributed by atoms with E-state index >= 15 is 0 Å². The van der Waals surface area contributed by atoms with Gasteiger partial charge in [0.15, 0.2) is 21.4 Å². The topological polar surface area (TPSA) is 114 Å². The molecule has 0 saturated heterocycles. The molecule has 150 valence electrons. The van der Waals surface area contributed by atoms with Gasteiger partial charge in [0.25, 0.3) is 5.91 Å². The SMILES string of the molecule is CCS(=O)(=O)c1ccc(O)c(NC(=O)c2oc3c(c2C)C(=O)CC(C)(C)C3)c1. The lowest BCUT2D eigenvalue weighted by molar-refractivity contribution is 0.0898. The van der Waals surface area contributed by atoms with Gasteiger partial charge < -0.3 is 14.8 Å². The highest BCUT2D eigenvalue weighted by Gasteiger charge is 2.37. The van der Waals surface area contributed by atoms with E-state index in [0.29, 0.717) is 29.7 Å². The number of nitrogens with one attached hydrogen (secondary N) is 1. The molecule has 1 aliphatic rings. The van der Waals surface area contributed by atoms with Crippen LogP contribution in [0.5, 0.6) is 5.75 Å². The molecule has 0 spiro atoms. The van der Waals surface area contributed by atoms with Gasteiger partial charge in [-0.3, -0.25) is 9.59 Å². The Balaban J connectivity index is 1.95. The Morgan fingerprint density at radius 3 is 2.61 bits per heavy atom. The van der Waals surface area contributed by atoms with E-state index in [4.69, 9.17) is 4.42 Å². The van der Waals surface area contributed by atoms with E-state index in [0.717, 1.165) is 0 Å². The summed E-state index contributed by atoms with van der Waals surface area (Å²) in [6.45, 7) is 7.08. The highest BCUT2D eigenvalue weighted by Crippen LogP contribution is 2.38. The molecular weight excluding hydrogens is 382 g/mol. The number of hydrogen-bond donors (Lipinski definition) is 2. The molecule has 1 aromatic carbocycles. The number of Topliss-reactive ketones (excluding diaryl/α,β-unsaturated/α-hetero) is 1. The van der Waals surface area contributed by atoms with E-state index in [1.165, 1.54) is 25.1 Å². The fourth-order valence-electron chi connectivity index (χ4n) is 3.45. The maximum absolute atomic E-state index is 12.7. The number of furan rings is 1. The fourth-order valence-corrected chi connectivity index (χ4v) is 4.36. The number of phenolic OH excluding ortho intramolecular Hbond substituents is 1. The van der Waals surface area contributed by atoms with Crippen LogP contribution in [0.15, 0.2) is 27.5 Å². The summed E-state index contributed by atoms with van der Waals surface area (Å²) in [4.78, 5) is 25.2. The summed E-state index contributed by atoms with van der Waals surface area (Å²) in [5.74, 6) is -0.624. The van der Waals surface area contributed by atoms with Gasteiger partial charge in [0, 0.05) is 18.4 Å². The number of ketones is 1. The number of aromatic hydroxyl groups is 1. The molecule has 0 saturated carbocycles. The molecule has 0 unspecified atom stereocenters. The zero-order valence-electron chi connectivity index (χ0n) is 16.3. The van der Waals surface area contributed by atoms with Crippen molar-refractivity contribution in [2.75, 3.05) is 11.1 Å². The van der Waals surface area contributed by atoms with Crippen molar-refractivity contribution in [1.29, 1.82) is 0 Å². The Bertz CT molecular complexity index is 1080. The van der Waals surface area contributed by atoms with Gasteiger partial charge in [-0.1, -0.05) is 20.8 Å². The molecule has 7 nitrogen and oxygen atoms in total. The zero-order chi connectivity index (χ0) is 20.9. The molecule has 2 N–H and O–H groups in total. The van der Waals surface area contributed by atoms with Crippen LogP contribution in [-0.2, 0) is 16.3 Å². The Labute approximate surface area is 163 Å². The summed E-state index contributed by atoms with van der Waals surface area (Å²) in [5, 5.41) is 12.5. The summed E-state index contributed by atoms with van der Waals surface area (Å²) in [5.41, 5.74) is 0.601. The molecule has 28 heavy (non-hydrogen) atoms. The van der Waals surface area contributed by atoms with E-state index in [-0.39, 0.29) is 39.0 Å². The quantitative estimate of drug-likeness (QED) is 0.753. The lowest BCUT2D eigenvalue weighted by Crippen LogP contribution is -2.26. The minimum atomic E-state index is -3.50. The van der Waals surface area contributed by atoms with Gasteiger partial charge in [-0.25, -0.2) is 8.42 Å². The van der Waals surface area contributed by atoms with Crippen molar-refractivity contribution in [2.24, 2.45) is 5.41 Å². The van der Waals surface area contributed by atoms with E-state index in [1.54, 1.807) is 6.92 Å². The van der Waals surface area contributed by atoms with Gasteiger partial charge in [0.05, 0.1) is 21.9 Å². The number of anilines is 1. The van der Waals surface area contributed by atoms with E-state index in [9.17, 15) is 23.1 Å². The van der Waals surface area contributed by atoms with Crippen molar-refractivity contribution in [3.63, 3.8) is 0 Å². The first kappa shape index (κ1) is 20.1. The van der Waals surface area contributed by atoms with Crippen LogP contribution in [0.1, 0.15) is 59.4 Å². The third kappa shape index (κ3) is 3.56. The van der Waals surface area contributed by atoms with Crippen LogP contribution >= 0.6 is 0 Å². The van der Waals surface area contributed by atoms with Gasteiger partial charge in [-0.2, -0.15) is 0 Å². The predicted octanol–water partition coefficient (Wildman–Crippen LogP) is 3.49. The van der Waals surface area contributed by atoms with E-state index in [2.05, 4.69) is 5.32 Å². The minimum absolute atomic E-state index is 0.00418. The van der Waals surface area contributed by atoms with Crippen LogP contribution < -0.4 is 5.32 Å². The monoisotopic (exact) mass is 405 g/mol. The second-order valence-electron chi connectivity index (χ2n) is 7.83. The molecule has 1 aliphatic carbocycles. The van der Waals surface area contributed by atoms with Gasteiger partial charge in [-0.15, -0.1) is 0 Å². The number of hydrogen-bond acceptors (Lipinski definition) is 6. The Morgan fingerprint density at radius 2 is 1.96 bits per heavy atom. The number of carbonyl (C=O) groups excluding carboxylic acids is 2. The average molecular weight is 405 g/mol. The number of benzene rings is 1. The van der Waals surface area contributed by atoms with Crippen LogP contribution in [0.3, 0.4) is 0 Å². The van der Waals surface area contributed by atoms with E-state index < -0.39 is 15.7 Å². The molecule has 8 heteroatoms. The molecular formula is C20H23NO6S. The molecule has 0 radical (unpaired) electrons. The minimum Gasteiger partial charge on any atom is -0.506 e. The summed E-state index contributed by atoms with van der Waals surface area (Å²) >= 11 is 0. The van der Waals surface area contributed by atoms with Crippen molar-refractivity contribution in [1.82, 2.24) is 0 Å². The number of rotatable bonds is 4. The summed E-state index contributed by atoms with van der Waals surface area (Å²) in [7, 11) is -3.50. The van der Waals surface area contributed by atoms with Crippen LogP contribution in [-0.4, -0.2) is 31.0 Å². The summed E-state index contributed by atoms with van der Waals surface area (Å²) in [6, 6.07) is 3.70. The van der Waals surface area contributed by atoms with Crippen molar-refractivity contribution in [3.05, 3.63) is 40.8 Å². The molecule has 1 heterocycles. The maximum Gasteiger partial charge on any atom is 0.291 e. The molecule has 3 rings (SSSR count). The van der Waals surface area contributed by atoms with Crippen molar-refractivity contribution < 1.29 is 27.5 Å². The first-order valence-electron chi connectivity index (χ1n) is 8.98. The van der Waals surface area contributed by atoms with Gasteiger partial charge in [0.1, 0.15) is 11.5 Å². The lowest BCUT2D eigenvalue weighted by atomic mass is 9.76. The smallest absolute Gasteiger partial charge is 0.291 e. The highest BCUT2D eigenvalue weighted by atomic mass is 32.2. The first-order chi connectivity index (χ1) is 12.9. The number of amides is 1. The first-order valence-corrected chi connectivity index (χ1v) is 10.6. The second-order valence-corrected chi connectivity index (χ2v) is 10.1. The third-order valence-corrected chi connectivity index (χ3v) is 6.67. The average Bonchev–Trinajstić information content (AvgIpc) is 2.92. The molecule has 0 bridgehead atoms. The zero-order valence-corrected chi connectivity index (χ0v) is 17.1. The van der Waals surface area contributed by atoms with Crippen molar-refractivity contribution in [3.8, 4) is 5.75 Å². The molecule has 1 aromatic heterocycles. The summed E-state index contributed by atoms with van der Waals surface area (Å²) < 4.78 is 29.8.